The summed E-state index contributed by atoms with van der Waals surface area (Å²) >= 11 is 0. The SMILES string of the molecule is COC(=O)CC[C@H](NC(=O)N[C@@H](CCC(=O)OC)C(=O)OC)C(=O)OC. The maximum atomic E-state index is 12.1. The van der Waals surface area contributed by atoms with Crippen LogP contribution in [0.15, 0.2) is 0 Å². The Balaban J connectivity index is 4.84. The summed E-state index contributed by atoms with van der Waals surface area (Å²) in [7, 11) is 4.64. The molecule has 11 nitrogen and oxygen atoms in total. The second kappa shape index (κ2) is 12.5. The molecule has 148 valence electrons. The highest BCUT2D eigenvalue weighted by Crippen LogP contribution is 2.04. The van der Waals surface area contributed by atoms with Crippen molar-refractivity contribution in [3.8, 4) is 0 Å². The molecule has 0 aliphatic rings. The minimum absolute atomic E-state index is 0.0577. The molecule has 0 saturated heterocycles. The van der Waals surface area contributed by atoms with Crippen molar-refractivity contribution in [3.05, 3.63) is 0 Å². The molecule has 0 bridgehead atoms. The summed E-state index contributed by atoms with van der Waals surface area (Å²) in [5.41, 5.74) is 0. The summed E-state index contributed by atoms with van der Waals surface area (Å²) in [6.45, 7) is 0. The number of methoxy groups -OCH3 is 4. The van der Waals surface area contributed by atoms with Crippen LogP contribution in [0.2, 0.25) is 0 Å². The van der Waals surface area contributed by atoms with Crippen molar-refractivity contribution in [3.63, 3.8) is 0 Å². The van der Waals surface area contributed by atoms with E-state index >= 15 is 0 Å². The molecule has 0 fully saturated rings. The van der Waals surface area contributed by atoms with Gasteiger partial charge in [-0.05, 0) is 12.8 Å². The number of hydrogen-bond donors (Lipinski definition) is 2. The lowest BCUT2D eigenvalue weighted by Crippen LogP contribution is -2.51. The lowest BCUT2D eigenvalue weighted by molar-refractivity contribution is -0.145. The molecule has 2 N–H and O–H groups in total. The molecule has 26 heavy (non-hydrogen) atoms. The van der Waals surface area contributed by atoms with E-state index in [0.29, 0.717) is 0 Å². The number of nitrogens with one attached hydrogen (secondary N) is 2. The molecular weight excluding hydrogens is 352 g/mol. The molecule has 2 atom stereocenters. The van der Waals surface area contributed by atoms with E-state index in [0.717, 1.165) is 14.2 Å². The maximum Gasteiger partial charge on any atom is 0.328 e. The fourth-order valence-electron chi connectivity index (χ4n) is 1.87. The molecule has 0 saturated carbocycles. The summed E-state index contributed by atoms with van der Waals surface area (Å²) in [4.78, 5) is 57.9. The number of hydrogen-bond acceptors (Lipinski definition) is 9. The van der Waals surface area contributed by atoms with Crippen molar-refractivity contribution in [2.75, 3.05) is 28.4 Å². The molecule has 0 spiro atoms. The Morgan fingerprint density at radius 3 is 1.27 bits per heavy atom. The quantitative estimate of drug-likeness (QED) is 0.372. The average Bonchev–Trinajstić information content (AvgIpc) is 2.65. The predicted octanol–water partition coefficient (Wildman–Crippen LogP) is -0.725. The maximum absolute atomic E-state index is 12.1. The Morgan fingerprint density at radius 1 is 0.654 bits per heavy atom. The van der Waals surface area contributed by atoms with Gasteiger partial charge in [-0.3, -0.25) is 9.59 Å². The van der Waals surface area contributed by atoms with E-state index in [2.05, 4.69) is 29.6 Å². The Labute approximate surface area is 150 Å². The number of esters is 4. The Morgan fingerprint density at radius 2 is 1.00 bits per heavy atom. The molecule has 0 aromatic carbocycles. The van der Waals surface area contributed by atoms with Crippen molar-refractivity contribution in [1.82, 2.24) is 10.6 Å². The third kappa shape index (κ3) is 8.85. The third-order valence-corrected chi connectivity index (χ3v) is 3.31. The molecule has 0 unspecified atom stereocenters. The number of urea groups is 1. The number of carbonyl (C=O) groups excluding carboxylic acids is 5. The van der Waals surface area contributed by atoms with E-state index in [4.69, 9.17) is 0 Å². The lowest BCUT2D eigenvalue weighted by Gasteiger charge is -2.20. The normalized spacial score (nSPS) is 12.2. The van der Waals surface area contributed by atoms with Crippen molar-refractivity contribution in [2.45, 2.75) is 37.8 Å². The largest absolute Gasteiger partial charge is 0.469 e. The average molecular weight is 376 g/mol. The van der Waals surface area contributed by atoms with Gasteiger partial charge in [-0.25, -0.2) is 14.4 Å². The smallest absolute Gasteiger partial charge is 0.328 e. The standard InChI is InChI=1S/C15H24N2O9/c1-23-11(18)7-5-9(13(20)25-3)16-15(22)17-10(14(21)26-4)6-8-12(19)24-2/h9-10H,5-8H2,1-4H3,(H2,16,17,22)/t9-,10-/m0/s1. The minimum Gasteiger partial charge on any atom is -0.469 e. The Bertz CT molecular complexity index is 477. The number of rotatable bonds is 10. The summed E-state index contributed by atoms with van der Waals surface area (Å²) in [6, 6.07) is -3.12. The first-order valence-corrected chi connectivity index (χ1v) is 7.65. The summed E-state index contributed by atoms with van der Waals surface area (Å²) < 4.78 is 18.1. The number of amides is 2. The molecule has 0 aliphatic carbocycles. The van der Waals surface area contributed by atoms with Gasteiger partial charge < -0.3 is 29.6 Å². The van der Waals surface area contributed by atoms with Gasteiger partial charge in [0.1, 0.15) is 12.1 Å². The van der Waals surface area contributed by atoms with Crippen LogP contribution in [0.3, 0.4) is 0 Å². The highest BCUT2D eigenvalue weighted by molar-refractivity contribution is 5.87. The van der Waals surface area contributed by atoms with Gasteiger partial charge in [0.25, 0.3) is 0 Å². The third-order valence-electron chi connectivity index (χ3n) is 3.31. The first-order valence-electron chi connectivity index (χ1n) is 7.65. The van der Waals surface area contributed by atoms with Gasteiger partial charge in [-0.2, -0.15) is 0 Å². The monoisotopic (exact) mass is 376 g/mol. The fourth-order valence-corrected chi connectivity index (χ4v) is 1.87. The van der Waals surface area contributed by atoms with Crippen molar-refractivity contribution in [2.24, 2.45) is 0 Å². The van der Waals surface area contributed by atoms with E-state index in [1.807, 2.05) is 0 Å². The summed E-state index contributed by atoms with van der Waals surface area (Å²) in [5, 5.41) is 4.60. The molecule has 0 rings (SSSR count). The van der Waals surface area contributed by atoms with Gasteiger partial charge in [-0.15, -0.1) is 0 Å². The topological polar surface area (TPSA) is 146 Å². The van der Waals surface area contributed by atoms with Gasteiger partial charge in [0, 0.05) is 12.8 Å². The molecule has 0 heterocycles. The van der Waals surface area contributed by atoms with E-state index in [1.165, 1.54) is 14.2 Å². The first-order chi connectivity index (χ1) is 12.3. The predicted molar refractivity (Wildman–Crippen MR) is 85.8 cm³/mol. The zero-order valence-electron chi connectivity index (χ0n) is 15.2. The number of ether oxygens (including phenoxy) is 4. The van der Waals surface area contributed by atoms with E-state index in [-0.39, 0.29) is 25.7 Å². The van der Waals surface area contributed by atoms with Crippen LogP contribution in [0.5, 0.6) is 0 Å². The van der Waals surface area contributed by atoms with E-state index < -0.39 is 42.0 Å². The summed E-state index contributed by atoms with van der Waals surface area (Å²) in [5.74, 6) is -2.67. The van der Waals surface area contributed by atoms with Crippen molar-refractivity contribution < 1.29 is 42.9 Å². The van der Waals surface area contributed by atoms with E-state index in [1.54, 1.807) is 0 Å². The Hall–Kier alpha value is -2.85. The van der Waals surface area contributed by atoms with Gasteiger partial charge in [-0.1, -0.05) is 0 Å². The van der Waals surface area contributed by atoms with Crippen LogP contribution >= 0.6 is 0 Å². The minimum atomic E-state index is -1.13. The van der Waals surface area contributed by atoms with Crippen LogP contribution < -0.4 is 10.6 Å². The molecular formula is C15H24N2O9. The fraction of sp³-hybridized carbons (Fsp3) is 0.667. The molecule has 0 aromatic heterocycles. The van der Waals surface area contributed by atoms with Crippen LogP contribution in [0.1, 0.15) is 25.7 Å². The van der Waals surface area contributed by atoms with Gasteiger partial charge >= 0.3 is 29.9 Å². The molecule has 0 radical (unpaired) electrons. The zero-order valence-corrected chi connectivity index (χ0v) is 15.2. The molecule has 0 aliphatic heterocycles. The van der Waals surface area contributed by atoms with Gasteiger partial charge in [0.05, 0.1) is 28.4 Å². The summed E-state index contributed by atoms with van der Waals surface area (Å²) in [6.07, 6.45) is -0.367. The first kappa shape index (κ1) is 23.1. The van der Waals surface area contributed by atoms with Crippen LogP contribution in [0.25, 0.3) is 0 Å². The van der Waals surface area contributed by atoms with Gasteiger partial charge in [0.2, 0.25) is 0 Å². The lowest BCUT2D eigenvalue weighted by atomic mass is 10.1. The van der Waals surface area contributed by atoms with Gasteiger partial charge in [0.15, 0.2) is 0 Å². The highest BCUT2D eigenvalue weighted by atomic mass is 16.5. The second-order valence-corrected chi connectivity index (χ2v) is 5.00. The van der Waals surface area contributed by atoms with Crippen LogP contribution in [-0.4, -0.2) is 70.4 Å². The molecule has 2 amide bonds. The molecule has 0 aromatic rings. The van der Waals surface area contributed by atoms with E-state index in [9.17, 15) is 24.0 Å². The zero-order chi connectivity index (χ0) is 20.1. The Kier molecular flexibility index (Phi) is 11.1. The van der Waals surface area contributed by atoms with Crippen LogP contribution in [0, 0.1) is 0 Å². The second-order valence-electron chi connectivity index (χ2n) is 5.00. The van der Waals surface area contributed by atoms with Crippen LogP contribution in [-0.2, 0) is 38.1 Å². The highest BCUT2D eigenvalue weighted by Gasteiger charge is 2.27. The van der Waals surface area contributed by atoms with Crippen molar-refractivity contribution in [1.29, 1.82) is 0 Å². The molecule has 11 heteroatoms. The van der Waals surface area contributed by atoms with Crippen molar-refractivity contribution >= 4 is 29.9 Å². The number of carbonyl (C=O) groups is 5. The van der Waals surface area contributed by atoms with Crippen LogP contribution in [0.4, 0.5) is 4.79 Å².